The van der Waals surface area contributed by atoms with Gasteiger partial charge in [0.1, 0.15) is 0 Å². The summed E-state index contributed by atoms with van der Waals surface area (Å²) in [4.78, 5) is 0.409. The Balaban J connectivity index is 2.16. The standard InChI is InChI=1S/C15H24N2O2S/c1-3-16-12-14-7-9-15(10-8-14)20(18,19)17-11-5-4-6-13(17)2/h7-10,13,16H,3-6,11-12H2,1-2H3. The van der Waals surface area contributed by atoms with Crippen molar-refractivity contribution in [3.05, 3.63) is 29.8 Å². The van der Waals surface area contributed by atoms with Crippen molar-refractivity contribution in [3.8, 4) is 0 Å². The lowest BCUT2D eigenvalue weighted by Gasteiger charge is -2.32. The van der Waals surface area contributed by atoms with E-state index in [4.69, 9.17) is 0 Å². The summed E-state index contributed by atoms with van der Waals surface area (Å²) in [5.41, 5.74) is 1.11. The average Bonchev–Trinajstić information content (AvgIpc) is 2.46. The van der Waals surface area contributed by atoms with Crippen molar-refractivity contribution in [2.24, 2.45) is 0 Å². The topological polar surface area (TPSA) is 49.4 Å². The molecule has 0 aromatic heterocycles. The number of hydrogen-bond acceptors (Lipinski definition) is 3. The zero-order chi connectivity index (χ0) is 14.6. The molecule has 20 heavy (non-hydrogen) atoms. The fourth-order valence-corrected chi connectivity index (χ4v) is 4.31. The molecular formula is C15H24N2O2S. The number of benzene rings is 1. The zero-order valence-electron chi connectivity index (χ0n) is 12.3. The summed E-state index contributed by atoms with van der Waals surface area (Å²) in [7, 11) is -3.34. The number of hydrogen-bond donors (Lipinski definition) is 1. The van der Waals surface area contributed by atoms with Gasteiger partial charge in [0, 0.05) is 19.1 Å². The molecule has 1 N–H and O–H groups in total. The first kappa shape index (κ1) is 15.5. The Hall–Kier alpha value is -0.910. The molecule has 1 heterocycles. The average molecular weight is 296 g/mol. The van der Waals surface area contributed by atoms with Gasteiger partial charge in [-0.05, 0) is 44.0 Å². The molecule has 1 aromatic rings. The molecule has 0 saturated carbocycles. The second-order valence-electron chi connectivity index (χ2n) is 5.38. The molecule has 1 atom stereocenters. The Morgan fingerprint density at radius 2 is 1.95 bits per heavy atom. The maximum atomic E-state index is 12.6. The first-order valence-electron chi connectivity index (χ1n) is 7.37. The van der Waals surface area contributed by atoms with Gasteiger partial charge >= 0.3 is 0 Å². The van der Waals surface area contributed by atoms with Crippen LogP contribution in [0.4, 0.5) is 0 Å². The van der Waals surface area contributed by atoms with Crippen molar-refractivity contribution in [1.29, 1.82) is 0 Å². The molecule has 0 aliphatic carbocycles. The van der Waals surface area contributed by atoms with Crippen LogP contribution in [0, 0.1) is 0 Å². The Labute approximate surface area is 122 Å². The van der Waals surface area contributed by atoms with Crippen LogP contribution in [0.15, 0.2) is 29.2 Å². The third-order valence-electron chi connectivity index (χ3n) is 3.85. The van der Waals surface area contributed by atoms with E-state index in [2.05, 4.69) is 12.2 Å². The lowest BCUT2D eigenvalue weighted by atomic mass is 10.1. The highest BCUT2D eigenvalue weighted by molar-refractivity contribution is 7.89. The summed E-state index contributed by atoms with van der Waals surface area (Å²) in [5, 5.41) is 3.23. The molecule has 5 heteroatoms. The molecule has 1 fully saturated rings. The smallest absolute Gasteiger partial charge is 0.243 e. The largest absolute Gasteiger partial charge is 0.313 e. The van der Waals surface area contributed by atoms with E-state index < -0.39 is 10.0 Å². The maximum Gasteiger partial charge on any atom is 0.243 e. The monoisotopic (exact) mass is 296 g/mol. The van der Waals surface area contributed by atoms with Crippen LogP contribution >= 0.6 is 0 Å². The van der Waals surface area contributed by atoms with Crippen molar-refractivity contribution in [1.82, 2.24) is 9.62 Å². The summed E-state index contributed by atoms with van der Waals surface area (Å²) in [5.74, 6) is 0. The maximum absolute atomic E-state index is 12.6. The minimum Gasteiger partial charge on any atom is -0.313 e. The van der Waals surface area contributed by atoms with Crippen molar-refractivity contribution in [3.63, 3.8) is 0 Å². The Morgan fingerprint density at radius 3 is 2.55 bits per heavy atom. The molecule has 1 aliphatic rings. The number of sulfonamides is 1. The van der Waals surface area contributed by atoms with Gasteiger partial charge in [-0.1, -0.05) is 25.5 Å². The molecule has 1 aliphatic heterocycles. The highest BCUT2D eigenvalue weighted by Crippen LogP contribution is 2.25. The number of nitrogens with one attached hydrogen (secondary N) is 1. The first-order chi connectivity index (χ1) is 9.55. The summed E-state index contributed by atoms with van der Waals surface area (Å²) in [6, 6.07) is 7.34. The van der Waals surface area contributed by atoms with E-state index in [1.807, 2.05) is 19.1 Å². The molecule has 1 aromatic carbocycles. The van der Waals surface area contributed by atoms with Gasteiger partial charge in [-0.3, -0.25) is 0 Å². The van der Waals surface area contributed by atoms with Gasteiger partial charge in [0.25, 0.3) is 0 Å². The molecule has 0 bridgehead atoms. The zero-order valence-corrected chi connectivity index (χ0v) is 13.1. The quantitative estimate of drug-likeness (QED) is 0.907. The molecule has 0 radical (unpaired) electrons. The van der Waals surface area contributed by atoms with Gasteiger partial charge in [-0.15, -0.1) is 0 Å². The van der Waals surface area contributed by atoms with Crippen LogP contribution in [0.1, 0.15) is 38.7 Å². The van der Waals surface area contributed by atoms with E-state index in [-0.39, 0.29) is 6.04 Å². The predicted molar refractivity (Wildman–Crippen MR) is 81.0 cm³/mol. The molecule has 112 valence electrons. The van der Waals surface area contributed by atoms with Crippen molar-refractivity contribution < 1.29 is 8.42 Å². The van der Waals surface area contributed by atoms with Crippen LogP contribution in [0.25, 0.3) is 0 Å². The fourth-order valence-electron chi connectivity index (χ4n) is 2.61. The normalized spacial score (nSPS) is 21.0. The highest BCUT2D eigenvalue weighted by Gasteiger charge is 2.30. The van der Waals surface area contributed by atoms with Crippen molar-refractivity contribution in [2.75, 3.05) is 13.1 Å². The number of rotatable bonds is 5. The van der Waals surface area contributed by atoms with Gasteiger partial charge in [0.05, 0.1) is 4.90 Å². The van der Waals surface area contributed by atoms with E-state index in [1.54, 1.807) is 16.4 Å². The van der Waals surface area contributed by atoms with Crippen LogP contribution in [0.3, 0.4) is 0 Å². The van der Waals surface area contributed by atoms with Crippen molar-refractivity contribution >= 4 is 10.0 Å². The Bertz CT molecular complexity index is 525. The third-order valence-corrected chi connectivity index (χ3v) is 5.88. The van der Waals surface area contributed by atoms with E-state index in [9.17, 15) is 8.42 Å². The number of nitrogens with zero attached hydrogens (tertiary/aromatic N) is 1. The molecule has 0 amide bonds. The highest BCUT2D eigenvalue weighted by atomic mass is 32.2. The van der Waals surface area contributed by atoms with Gasteiger partial charge < -0.3 is 5.32 Å². The van der Waals surface area contributed by atoms with Crippen LogP contribution in [0.2, 0.25) is 0 Å². The fraction of sp³-hybridized carbons (Fsp3) is 0.600. The minimum absolute atomic E-state index is 0.107. The molecule has 0 spiro atoms. The predicted octanol–water partition coefficient (Wildman–Crippen LogP) is 2.36. The Morgan fingerprint density at radius 1 is 1.25 bits per heavy atom. The van der Waals surface area contributed by atoms with Gasteiger partial charge in [-0.2, -0.15) is 4.31 Å². The lowest BCUT2D eigenvalue weighted by Crippen LogP contribution is -2.41. The molecule has 1 unspecified atom stereocenters. The van der Waals surface area contributed by atoms with Crippen molar-refractivity contribution in [2.45, 2.75) is 50.6 Å². The summed E-state index contributed by atoms with van der Waals surface area (Å²) >= 11 is 0. The van der Waals surface area contributed by atoms with E-state index >= 15 is 0 Å². The second kappa shape index (κ2) is 6.70. The van der Waals surface area contributed by atoms with Gasteiger partial charge in [0.2, 0.25) is 10.0 Å². The minimum atomic E-state index is -3.34. The summed E-state index contributed by atoms with van der Waals surface area (Å²) in [6.07, 6.45) is 3.04. The first-order valence-corrected chi connectivity index (χ1v) is 8.81. The second-order valence-corrected chi connectivity index (χ2v) is 7.28. The molecular weight excluding hydrogens is 272 g/mol. The van der Waals surface area contributed by atoms with Gasteiger partial charge in [0.15, 0.2) is 0 Å². The molecule has 4 nitrogen and oxygen atoms in total. The summed E-state index contributed by atoms with van der Waals surface area (Å²) in [6.45, 7) is 6.37. The summed E-state index contributed by atoms with van der Waals surface area (Å²) < 4.78 is 26.9. The number of piperidine rings is 1. The van der Waals surface area contributed by atoms with E-state index in [0.717, 1.165) is 37.9 Å². The van der Waals surface area contributed by atoms with Crippen LogP contribution < -0.4 is 5.32 Å². The Kier molecular flexibility index (Phi) is 5.18. The van der Waals surface area contributed by atoms with Crippen LogP contribution in [0.5, 0.6) is 0 Å². The van der Waals surface area contributed by atoms with E-state index in [1.165, 1.54) is 0 Å². The third kappa shape index (κ3) is 3.40. The molecule has 2 rings (SSSR count). The lowest BCUT2D eigenvalue weighted by molar-refractivity contribution is 0.268. The molecule has 1 saturated heterocycles. The van der Waals surface area contributed by atoms with Crippen LogP contribution in [-0.4, -0.2) is 31.9 Å². The SMILES string of the molecule is CCNCc1ccc(S(=O)(=O)N2CCCCC2C)cc1. The van der Waals surface area contributed by atoms with Gasteiger partial charge in [-0.25, -0.2) is 8.42 Å². The van der Waals surface area contributed by atoms with E-state index in [0.29, 0.717) is 11.4 Å². The van der Waals surface area contributed by atoms with Crippen LogP contribution in [-0.2, 0) is 16.6 Å².